The van der Waals surface area contributed by atoms with Crippen molar-refractivity contribution in [3.05, 3.63) is 197 Å². The summed E-state index contributed by atoms with van der Waals surface area (Å²) in [6.07, 6.45) is 6.73. The molecule has 0 atom stereocenters. The molecule has 3 aromatic heterocycles. The summed E-state index contributed by atoms with van der Waals surface area (Å²) in [5.41, 5.74) is 10.0. The van der Waals surface area contributed by atoms with E-state index < -0.39 is 12.2 Å². The van der Waals surface area contributed by atoms with Gasteiger partial charge in [-0.2, -0.15) is 0 Å². The van der Waals surface area contributed by atoms with Crippen LogP contribution in [0.5, 0.6) is 0 Å². The van der Waals surface area contributed by atoms with Crippen molar-refractivity contribution in [3.63, 3.8) is 0 Å². The van der Waals surface area contributed by atoms with Gasteiger partial charge in [0.1, 0.15) is 11.5 Å². The van der Waals surface area contributed by atoms with Gasteiger partial charge in [0, 0.05) is 33.6 Å². The third-order valence-electron chi connectivity index (χ3n) is 10.3. The Bertz CT molecular complexity index is 3270. The molecule has 0 amide bonds. The zero-order chi connectivity index (χ0) is 41.2. The van der Waals surface area contributed by atoms with Crippen LogP contribution in [0.2, 0.25) is 0 Å². The SMILES string of the molecule is [2H]c1nc2c(c([2H])c1[2H])c([2H])c([2H])c1c([2H])c([2H])c(C3=c4ccccc4=C(C4=CC=C(c5oc(-c6ccccc6)c(-c6ccccc6)c5-c5ccccc5)CC4)CC3)nc12. The Morgan fingerprint density at radius 1 is 0.491 bits per heavy atom. The molecule has 10 rings (SSSR count). The van der Waals surface area contributed by atoms with Crippen LogP contribution in [0.4, 0.5) is 0 Å². The maximum absolute atomic E-state index is 9.13. The van der Waals surface area contributed by atoms with Gasteiger partial charge < -0.3 is 4.42 Å². The first-order valence-electron chi connectivity index (χ1n) is 21.4. The molecule has 53 heavy (non-hydrogen) atoms. The monoisotopic (exact) mass is 687 g/mol. The van der Waals surface area contributed by atoms with Crippen molar-refractivity contribution >= 4 is 38.5 Å². The molecule has 0 bridgehead atoms. The molecule has 0 saturated heterocycles. The Morgan fingerprint density at radius 3 is 1.72 bits per heavy atom. The minimum Gasteiger partial charge on any atom is -0.455 e. The van der Waals surface area contributed by atoms with E-state index in [2.05, 4.69) is 83.9 Å². The van der Waals surface area contributed by atoms with Gasteiger partial charge in [-0.15, -0.1) is 0 Å². The molecule has 0 aliphatic heterocycles. The number of fused-ring (bicyclic) bond motifs is 4. The first-order valence-corrected chi connectivity index (χ1v) is 17.9. The molecule has 252 valence electrons. The van der Waals surface area contributed by atoms with E-state index in [1.165, 1.54) is 11.1 Å². The fourth-order valence-corrected chi connectivity index (χ4v) is 7.85. The van der Waals surface area contributed by atoms with E-state index in [-0.39, 0.29) is 57.7 Å². The summed E-state index contributed by atoms with van der Waals surface area (Å²) in [6, 6.07) is 37.3. The molecule has 2 aliphatic carbocycles. The van der Waals surface area contributed by atoms with Crippen molar-refractivity contribution in [1.29, 1.82) is 0 Å². The normalized spacial score (nSPS) is 16.1. The highest BCUT2D eigenvalue weighted by molar-refractivity contribution is 6.03. The second kappa shape index (κ2) is 13.2. The molecule has 2 aliphatic rings. The summed E-state index contributed by atoms with van der Waals surface area (Å²) in [5, 5.41) is 1.86. The van der Waals surface area contributed by atoms with E-state index >= 15 is 0 Å². The van der Waals surface area contributed by atoms with E-state index in [4.69, 9.17) is 19.0 Å². The third kappa shape index (κ3) is 5.53. The topological polar surface area (TPSA) is 38.9 Å². The first-order chi connectivity index (χ1) is 29.2. The maximum Gasteiger partial charge on any atom is 0.143 e. The smallest absolute Gasteiger partial charge is 0.143 e. The molecule has 3 heterocycles. The summed E-state index contributed by atoms with van der Waals surface area (Å²) in [5.74, 6) is 1.70. The number of allylic oxidation sites excluding steroid dienone is 4. The van der Waals surface area contributed by atoms with Crippen molar-refractivity contribution in [2.24, 2.45) is 0 Å². The molecule has 0 unspecified atom stereocenters. The van der Waals surface area contributed by atoms with Gasteiger partial charge in [-0.1, -0.05) is 152 Å². The summed E-state index contributed by atoms with van der Waals surface area (Å²) in [6.45, 7) is 0. The van der Waals surface area contributed by atoms with E-state index in [1.807, 2.05) is 48.5 Å². The number of furan rings is 1. The molecule has 8 aromatic rings. The van der Waals surface area contributed by atoms with Crippen LogP contribution in [0.15, 0.2) is 180 Å². The number of pyridine rings is 2. The summed E-state index contributed by atoms with van der Waals surface area (Å²) in [4.78, 5) is 9.13. The van der Waals surface area contributed by atoms with Crippen LogP contribution in [0, 0.1) is 0 Å². The number of aromatic nitrogens is 2. The lowest BCUT2D eigenvalue weighted by Gasteiger charge is -2.22. The van der Waals surface area contributed by atoms with Gasteiger partial charge in [-0.3, -0.25) is 4.98 Å². The van der Waals surface area contributed by atoms with Crippen LogP contribution in [-0.2, 0) is 0 Å². The Morgan fingerprint density at radius 2 is 1.04 bits per heavy atom. The molecular weight excluding hydrogens is 645 g/mol. The number of hydrogen-bond donors (Lipinski definition) is 0. The number of hydrogen-bond acceptors (Lipinski definition) is 3. The average Bonchev–Trinajstić information content (AvgIpc) is 3.70. The number of rotatable bonds is 6. The van der Waals surface area contributed by atoms with Crippen molar-refractivity contribution in [1.82, 2.24) is 9.97 Å². The van der Waals surface area contributed by atoms with Crippen LogP contribution < -0.4 is 10.4 Å². The van der Waals surface area contributed by atoms with Gasteiger partial charge in [0.15, 0.2) is 0 Å². The van der Waals surface area contributed by atoms with E-state index in [9.17, 15) is 0 Å². The van der Waals surface area contributed by atoms with E-state index in [0.717, 1.165) is 73.8 Å². The van der Waals surface area contributed by atoms with Gasteiger partial charge in [-0.05, 0) is 81.6 Å². The quantitative estimate of drug-likeness (QED) is 0.163. The lowest BCUT2D eigenvalue weighted by atomic mass is 9.83. The fraction of sp³-hybridized carbons (Fsp3) is 0.0800. The molecule has 0 radical (unpaired) electrons. The standard InChI is InChI=1S/C50H36N2O/c1-4-13-34(14-5-1)45-46(35-15-6-2-7-16-35)50(53-49(45)38-17-8-3-9-18-38)39-26-22-33(23-27-39)40-29-30-43(42-21-11-10-20-41(40)42)44-31-28-37-25-24-36-19-12-32-51-47(36)48(37)52-44/h1-22,24-26,28,31-32H,23,27,29-30H2/i12D,19D,24D,25D,28D,31D,32D. The Labute approximate surface area is 318 Å². The highest BCUT2D eigenvalue weighted by Crippen LogP contribution is 2.48. The third-order valence-corrected chi connectivity index (χ3v) is 10.3. The first kappa shape index (κ1) is 24.6. The van der Waals surface area contributed by atoms with Crippen molar-refractivity contribution in [2.75, 3.05) is 0 Å². The molecule has 0 fully saturated rings. The highest BCUT2D eigenvalue weighted by atomic mass is 16.3. The Hall–Kier alpha value is -6.58. The van der Waals surface area contributed by atoms with Gasteiger partial charge in [0.25, 0.3) is 0 Å². The van der Waals surface area contributed by atoms with Gasteiger partial charge in [0.2, 0.25) is 0 Å². The Kier molecular flexibility index (Phi) is 6.12. The largest absolute Gasteiger partial charge is 0.455 e. The predicted molar refractivity (Wildman–Crippen MR) is 218 cm³/mol. The second-order valence-corrected chi connectivity index (χ2v) is 13.4. The van der Waals surface area contributed by atoms with Crippen molar-refractivity contribution in [2.45, 2.75) is 25.7 Å². The zero-order valence-electron chi connectivity index (χ0n) is 35.8. The fourth-order valence-electron chi connectivity index (χ4n) is 7.85. The van der Waals surface area contributed by atoms with Crippen LogP contribution in [-0.4, -0.2) is 9.97 Å². The maximum atomic E-state index is 9.13. The van der Waals surface area contributed by atoms with Crippen molar-refractivity contribution < 1.29 is 14.0 Å². The zero-order valence-corrected chi connectivity index (χ0v) is 28.8. The average molecular weight is 688 g/mol. The minimum atomic E-state index is -0.444. The highest BCUT2D eigenvalue weighted by Gasteiger charge is 2.27. The van der Waals surface area contributed by atoms with Crippen LogP contribution in [0.3, 0.4) is 0 Å². The summed E-state index contributed by atoms with van der Waals surface area (Å²) >= 11 is 0. The van der Waals surface area contributed by atoms with Crippen LogP contribution in [0.1, 0.15) is 46.7 Å². The Balaban J connectivity index is 1.14. The molecule has 0 N–H and O–H groups in total. The second-order valence-electron chi connectivity index (χ2n) is 13.4. The van der Waals surface area contributed by atoms with Crippen LogP contribution >= 0.6 is 0 Å². The number of nitrogens with zero attached hydrogens (tertiary/aromatic N) is 2. The number of benzene rings is 5. The summed E-state index contributed by atoms with van der Waals surface area (Å²) in [7, 11) is 0. The van der Waals surface area contributed by atoms with Gasteiger partial charge >= 0.3 is 0 Å². The molecule has 3 nitrogen and oxygen atoms in total. The molecule has 3 heteroatoms. The molecular formula is C50H36N2O. The lowest BCUT2D eigenvalue weighted by molar-refractivity contribution is 0.565. The van der Waals surface area contributed by atoms with E-state index in [0.29, 0.717) is 12.8 Å². The minimum absolute atomic E-state index is 0.0177. The summed E-state index contributed by atoms with van der Waals surface area (Å²) < 4.78 is 67.4. The molecule has 5 aromatic carbocycles. The van der Waals surface area contributed by atoms with Crippen LogP contribution in [0.25, 0.3) is 72.1 Å². The van der Waals surface area contributed by atoms with Crippen molar-refractivity contribution in [3.8, 4) is 33.6 Å². The lowest BCUT2D eigenvalue weighted by Crippen LogP contribution is -2.33. The van der Waals surface area contributed by atoms with Gasteiger partial charge in [-0.25, -0.2) is 4.98 Å². The van der Waals surface area contributed by atoms with Gasteiger partial charge in [0.05, 0.1) is 26.3 Å². The van der Waals surface area contributed by atoms with E-state index in [1.54, 1.807) is 0 Å². The molecule has 0 spiro atoms. The predicted octanol–water partition coefficient (Wildman–Crippen LogP) is 11.3. The molecule has 0 saturated carbocycles.